The topological polar surface area (TPSA) is 53.4 Å². The van der Waals surface area contributed by atoms with Crippen LogP contribution in [0, 0.1) is 5.92 Å². The largest absolute Gasteiger partial charge is 0.477 e. The van der Waals surface area contributed by atoms with Crippen LogP contribution in [0.2, 0.25) is 5.15 Å². The fourth-order valence-electron chi connectivity index (χ4n) is 1.76. The van der Waals surface area contributed by atoms with Crippen molar-refractivity contribution in [3.8, 4) is 0 Å². The van der Waals surface area contributed by atoms with Crippen molar-refractivity contribution in [2.45, 2.75) is 33.6 Å². The van der Waals surface area contributed by atoms with Crippen molar-refractivity contribution in [2.24, 2.45) is 5.92 Å². The molecule has 0 spiro atoms. The van der Waals surface area contributed by atoms with Gasteiger partial charge in [0.25, 0.3) is 0 Å². The van der Waals surface area contributed by atoms with Crippen LogP contribution in [-0.2, 0) is 0 Å². The Morgan fingerprint density at radius 3 is 2.44 bits per heavy atom. The zero-order chi connectivity index (χ0) is 13.7. The van der Waals surface area contributed by atoms with Crippen molar-refractivity contribution in [3.63, 3.8) is 0 Å². The first-order valence-corrected chi connectivity index (χ1v) is 7.37. The first kappa shape index (κ1) is 15.2. The fraction of sp³-hybridized carbons (Fsp3) is 0.667. The van der Waals surface area contributed by atoms with Gasteiger partial charge in [-0.25, -0.2) is 9.78 Å². The summed E-state index contributed by atoms with van der Waals surface area (Å²) in [5.74, 6) is -0.414. The molecule has 0 saturated heterocycles. The summed E-state index contributed by atoms with van der Waals surface area (Å²) in [7, 11) is 0. The van der Waals surface area contributed by atoms with Crippen LogP contribution in [0.15, 0.2) is 0 Å². The number of nitrogens with zero attached hydrogens (tertiary/aromatic N) is 2. The number of hydrogen-bond acceptors (Lipinski definition) is 4. The molecule has 0 aromatic carbocycles. The molecule has 0 saturated carbocycles. The van der Waals surface area contributed by atoms with Crippen molar-refractivity contribution in [1.29, 1.82) is 0 Å². The van der Waals surface area contributed by atoms with E-state index in [9.17, 15) is 4.79 Å². The highest BCUT2D eigenvalue weighted by atomic mass is 35.5. The van der Waals surface area contributed by atoms with Gasteiger partial charge in [-0.2, -0.15) is 0 Å². The van der Waals surface area contributed by atoms with E-state index in [0.29, 0.717) is 11.0 Å². The average Bonchev–Trinajstić information content (AvgIpc) is 2.73. The molecular formula is C12H19ClN2O2S. The first-order valence-electron chi connectivity index (χ1n) is 6.17. The molecule has 0 bridgehead atoms. The maximum atomic E-state index is 10.9. The van der Waals surface area contributed by atoms with Crippen LogP contribution in [0.25, 0.3) is 0 Å². The summed E-state index contributed by atoms with van der Waals surface area (Å²) in [6.07, 6.45) is 2.22. The van der Waals surface area contributed by atoms with E-state index in [0.717, 1.165) is 37.3 Å². The van der Waals surface area contributed by atoms with Gasteiger partial charge in [0.15, 0.2) is 15.2 Å². The smallest absolute Gasteiger partial charge is 0.349 e. The summed E-state index contributed by atoms with van der Waals surface area (Å²) in [4.78, 5) is 17.3. The molecule has 4 nitrogen and oxygen atoms in total. The number of anilines is 1. The van der Waals surface area contributed by atoms with Crippen molar-refractivity contribution in [1.82, 2.24) is 4.98 Å². The quantitative estimate of drug-likeness (QED) is 0.831. The van der Waals surface area contributed by atoms with E-state index in [1.54, 1.807) is 0 Å². The molecular weight excluding hydrogens is 272 g/mol. The molecule has 0 aliphatic carbocycles. The number of aromatic nitrogens is 1. The monoisotopic (exact) mass is 290 g/mol. The van der Waals surface area contributed by atoms with Crippen molar-refractivity contribution in [3.05, 3.63) is 10.0 Å². The number of hydrogen-bond donors (Lipinski definition) is 1. The average molecular weight is 291 g/mol. The van der Waals surface area contributed by atoms with Gasteiger partial charge in [-0.1, -0.05) is 49.6 Å². The fourth-order valence-corrected chi connectivity index (χ4v) is 2.96. The Morgan fingerprint density at radius 2 is 2.06 bits per heavy atom. The summed E-state index contributed by atoms with van der Waals surface area (Å²) in [6.45, 7) is 8.07. The molecule has 1 N–H and O–H groups in total. The molecule has 18 heavy (non-hydrogen) atoms. The molecule has 0 unspecified atom stereocenters. The van der Waals surface area contributed by atoms with Crippen molar-refractivity contribution < 1.29 is 9.90 Å². The lowest BCUT2D eigenvalue weighted by Gasteiger charge is -2.24. The highest BCUT2D eigenvalue weighted by molar-refractivity contribution is 7.18. The second kappa shape index (κ2) is 6.95. The molecule has 0 fully saturated rings. The summed E-state index contributed by atoms with van der Waals surface area (Å²) in [6, 6.07) is 0. The van der Waals surface area contributed by atoms with Gasteiger partial charge in [-0.15, -0.1) is 0 Å². The molecule has 102 valence electrons. The summed E-state index contributed by atoms with van der Waals surface area (Å²) < 4.78 is 0. The second-order valence-corrected chi connectivity index (χ2v) is 5.48. The standard InChI is InChI=1S/C12H19ClN2O2S/c1-4-8(5-2)7-15(6-3)12-14-10(13)9(18-12)11(16)17/h8H,4-7H2,1-3H3,(H,16,17). The zero-order valence-electron chi connectivity index (χ0n) is 10.9. The summed E-state index contributed by atoms with van der Waals surface area (Å²) >= 11 is 6.98. The van der Waals surface area contributed by atoms with E-state index < -0.39 is 5.97 Å². The number of thiazole rings is 1. The predicted molar refractivity (Wildman–Crippen MR) is 76.0 cm³/mol. The van der Waals surface area contributed by atoms with Crippen LogP contribution in [0.3, 0.4) is 0 Å². The molecule has 1 aromatic heterocycles. The third-order valence-electron chi connectivity index (χ3n) is 3.05. The van der Waals surface area contributed by atoms with Crippen molar-refractivity contribution in [2.75, 3.05) is 18.0 Å². The Morgan fingerprint density at radius 1 is 1.44 bits per heavy atom. The maximum absolute atomic E-state index is 10.9. The SMILES string of the molecule is CCC(CC)CN(CC)c1nc(Cl)c(C(=O)O)s1. The third-order valence-corrected chi connectivity index (χ3v) is 4.54. The normalized spacial score (nSPS) is 10.9. The van der Waals surface area contributed by atoms with Gasteiger partial charge in [-0.05, 0) is 12.8 Å². The predicted octanol–water partition coefficient (Wildman–Crippen LogP) is 3.76. The molecule has 0 atom stereocenters. The summed E-state index contributed by atoms with van der Waals surface area (Å²) in [5, 5.41) is 9.76. The highest BCUT2D eigenvalue weighted by Crippen LogP contribution is 2.30. The van der Waals surface area contributed by atoms with E-state index in [1.165, 1.54) is 0 Å². The minimum Gasteiger partial charge on any atom is -0.477 e. The molecule has 0 radical (unpaired) electrons. The summed E-state index contributed by atoms with van der Waals surface area (Å²) in [5.41, 5.74) is 0. The van der Waals surface area contributed by atoms with Gasteiger partial charge >= 0.3 is 5.97 Å². The van der Waals surface area contributed by atoms with E-state index in [4.69, 9.17) is 16.7 Å². The minimum atomic E-state index is -1.01. The van der Waals surface area contributed by atoms with Gasteiger partial charge < -0.3 is 10.0 Å². The molecule has 6 heteroatoms. The van der Waals surface area contributed by atoms with Crippen LogP contribution in [0.4, 0.5) is 5.13 Å². The molecule has 0 aliphatic rings. The minimum absolute atomic E-state index is 0.0884. The number of halogens is 1. The second-order valence-electron chi connectivity index (χ2n) is 4.14. The van der Waals surface area contributed by atoms with E-state index in [2.05, 4.69) is 23.7 Å². The molecule has 1 aromatic rings. The maximum Gasteiger partial charge on any atom is 0.349 e. The Labute approximate surface area is 117 Å². The molecule has 0 amide bonds. The highest BCUT2D eigenvalue weighted by Gasteiger charge is 2.20. The lowest BCUT2D eigenvalue weighted by molar-refractivity contribution is 0.0702. The van der Waals surface area contributed by atoms with Gasteiger partial charge in [0.05, 0.1) is 0 Å². The van der Waals surface area contributed by atoms with Crippen LogP contribution >= 0.6 is 22.9 Å². The van der Waals surface area contributed by atoms with Gasteiger partial charge in [0, 0.05) is 13.1 Å². The van der Waals surface area contributed by atoms with Crippen LogP contribution in [0.1, 0.15) is 43.3 Å². The van der Waals surface area contributed by atoms with Gasteiger partial charge in [-0.3, -0.25) is 0 Å². The van der Waals surface area contributed by atoms with Crippen LogP contribution in [0.5, 0.6) is 0 Å². The van der Waals surface area contributed by atoms with E-state index >= 15 is 0 Å². The van der Waals surface area contributed by atoms with E-state index in [1.807, 2.05) is 6.92 Å². The first-order chi connectivity index (χ1) is 8.53. The number of carboxylic acids is 1. The number of carbonyl (C=O) groups is 1. The van der Waals surface area contributed by atoms with Crippen LogP contribution in [-0.4, -0.2) is 29.1 Å². The molecule has 0 aliphatic heterocycles. The Hall–Kier alpha value is -0.810. The Bertz CT molecular complexity index is 405. The Kier molecular flexibility index (Phi) is 5.88. The van der Waals surface area contributed by atoms with Gasteiger partial charge in [0.1, 0.15) is 0 Å². The van der Waals surface area contributed by atoms with E-state index in [-0.39, 0.29) is 10.0 Å². The number of aromatic carboxylic acids is 1. The lowest BCUT2D eigenvalue weighted by atomic mass is 10.0. The van der Waals surface area contributed by atoms with Crippen molar-refractivity contribution >= 4 is 34.0 Å². The number of rotatable bonds is 7. The third kappa shape index (κ3) is 3.59. The molecule has 1 rings (SSSR count). The molecule has 1 heterocycles. The Balaban J connectivity index is 2.88. The van der Waals surface area contributed by atoms with Gasteiger partial charge in [0.2, 0.25) is 0 Å². The number of carboxylic acid groups (broad SMARTS) is 1. The lowest BCUT2D eigenvalue weighted by Crippen LogP contribution is -2.28. The van der Waals surface area contributed by atoms with Crippen LogP contribution < -0.4 is 4.90 Å². The zero-order valence-corrected chi connectivity index (χ0v) is 12.5.